The third kappa shape index (κ3) is 4.91. The molecule has 0 bridgehead atoms. The van der Waals surface area contributed by atoms with Gasteiger partial charge in [0, 0.05) is 18.4 Å². The van der Waals surface area contributed by atoms with E-state index in [-0.39, 0.29) is 17.0 Å². The van der Waals surface area contributed by atoms with Crippen molar-refractivity contribution < 1.29 is 19.1 Å². The van der Waals surface area contributed by atoms with Gasteiger partial charge in [-0.25, -0.2) is 4.79 Å². The van der Waals surface area contributed by atoms with Crippen molar-refractivity contribution in [3.05, 3.63) is 95.6 Å². The Morgan fingerprint density at radius 2 is 1.43 bits per heavy atom. The number of rotatable bonds is 6. The molecule has 0 atom stereocenters. The Labute approximate surface area is 175 Å². The Morgan fingerprint density at radius 1 is 0.833 bits per heavy atom. The highest BCUT2D eigenvalue weighted by atomic mass is 16.5. The van der Waals surface area contributed by atoms with E-state index in [1.54, 1.807) is 49.5 Å². The lowest BCUT2D eigenvalue weighted by molar-refractivity contribution is -0.119. The number of anilines is 2. The van der Waals surface area contributed by atoms with Gasteiger partial charge >= 0.3 is 5.97 Å². The number of nitrogens with zero attached hydrogens (tertiary/aromatic N) is 1. The summed E-state index contributed by atoms with van der Waals surface area (Å²) in [5.41, 5.74) is 2.56. The van der Waals surface area contributed by atoms with Crippen LogP contribution in [0.3, 0.4) is 0 Å². The van der Waals surface area contributed by atoms with Crippen molar-refractivity contribution in [3.63, 3.8) is 0 Å². The molecule has 152 valence electrons. The maximum Gasteiger partial charge on any atom is 0.339 e. The van der Waals surface area contributed by atoms with E-state index >= 15 is 0 Å². The molecule has 0 aliphatic rings. The summed E-state index contributed by atoms with van der Waals surface area (Å²) in [5, 5.41) is 2.70. The molecule has 1 N–H and O–H groups in total. The highest BCUT2D eigenvalue weighted by Gasteiger charge is 2.22. The first-order chi connectivity index (χ1) is 14.5. The zero-order valence-electron chi connectivity index (χ0n) is 16.8. The Morgan fingerprint density at radius 3 is 2.13 bits per heavy atom. The number of aryl methyl sites for hydroxylation is 1. The second kappa shape index (κ2) is 9.52. The van der Waals surface area contributed by atoms with Gasteiger partial charge in [-0.05, 0) is 42.8 Å². The van der Waals surface area contributed by atoms with Gasteiger partial charge in [0.2, 0.25) is 0 Å². The first-order valence-corrected chi connectivity index (χ1v) is 9.42. The van der Waals surface area contributed by atoms with Crippen molar-refractivity contribution in [3.8, 4) is 0 Å². The molecule has 3 aromatic carbocycles. The fourth-order valence-corrected chi connectivity index (χ4v) is 2.91. The average Bonchev–Trinajstić information content (AvgIpc) is 2.78. The fraction of sp³-hybridized carbons (Fsp3) is 0.125. The lowest BCUT2D eigenvalue weighted by Crippen LogP contribution is -2.28. The Balaban J connectivity index is 1.69. The maximum atomic E-state index is 12.9. The van der Waals surface area contributed by atoms with E-state index in [1.165, 1.54) is 11.0 Å². The van der Waals surface area contributed by atoms with E-state index in [2.05, 4.69) is 5.32 Å². The highest BCUT2D eigenvalue weighted by molar-refractivity contribution is 6.12. The zero-order chi connectivity index (χ0) is 21.5. The average molecular weight is 402 g/mol. The van der Waals surface area contributed by atoms with E-state index in [9.17, 15) is 14.4 Å². The van der Waals surface area contributed by atoms with Gasteiger partial charge in [0.25, 0.3) is 11.8 Å². The topological polar surface area (TPSA) is 75.7 Å². The minimum atomic E-state index is -0.736. The summed E-state index contributed by atoms with van der Waals surface area (Å²) < 4.78 is 5.16. The van der Waals surface area contributed by atoms with Crippen molar-refractivity contribution >= 4 is 29.2 Å². The van der Waals surface area contributed by atoms with Gasteiger partial charge in [0.15, 0.2) is 6.61 Å². The molecular formula is C24H22N2O4. The number of amides is 2. The molecule has 0 heterocycles. The second-order valence-corrected chi connectivity index (χ2v) is 6.68. The molecule has 0 radical (unpaired) electrons. The molecule has 0 aliphatic heterocycles. The molecule has 6 heteroatoms. The lowest BCUT2D eigenvalue weighted by atomic mass is 10.1. The lowest BCUT2D eigenvalue weighted by Gasteiger charge is -2.18. The normalized spacial score (nSPS) is 10.2. The number of esters is 1. The molecular weight excluding hydrogens is 380 g/mol. The quantitative estimate of drug-likeness (QED) is 0.631. The van der Waals surface area contributed by atoms with Crippen LogP contribution < -0.4 is 10.2 Å². The largest absolute Gasteiger partial charge is 0.452 e. The zero-order valence-corrected chi connectivity index (χ0v) is 16.8. The molecule has 0 unspecified atom stereocenters. The summed E-state index contributed by atoms with van der Waals surface area (Å²) in [6.45, 7) is 1.41. The smallest absolute Gasteiger partial charge is 0.339 e. The maximum absolute atomic E-state index is 12.9. The van der Waals surface area contributed by atoms with Gasteiger partial charge in [-0.2, -0.15) is 0 Å². The van der Waals surface area contributed by atoms with Gasteiger partial charge in [0.05, 0.1) is 11.1 Å². The van der Waals surface area contributed by atoms with E-state index in [0.717, 1.165) is 5.56 Å². The van der Waals surface area contributed by atoms with Crippen molar-refractivity contribution in [2.75, 3.05) is 23.9 Å². The number of ether oxygens (including phenoxy) is 1. The van der Waals surface area contributed by atoms with Crippen LogP contribution in [0.15, 0.2) is 78.9 Å². The first-order valence-electron chi connectivity index (χ1n) is 9.42. The van der Waals surface area contributed by atoms with E-state index in [4.69, 9.17) is 4.74 Å². The van der Waals surface area contributed by atoms with Crippen LogP contribution in [-0.4, -0.2) is 31.4 Å². The highest BCUT2D eigenvalue weighted by Crippen LogP contribution is 2.18. The summed E-state index contributed by atoms with van der Waals surface area (Å²) in [4.78, 5) is 39.1. The van der Waals surface area contributed by atoms with E-state index in [0.29, 0.717) is 11.4 Å². The minimum absolute atomic E-state index is 0.106. The predicted molar refractivity (Wildman–Crippen MR) is 116 cm³/mol. The first kappa shape index (κ1) is 20.8. The molecule has 2 amide bonds. The summed E-state index contributed by atoms with van der Waals surface area (Å²) in [5.74, 6) is -1.54. The summed E-state index contributed by atoms with van der Waals surface area (Å²) in [6.07, 6.45) is 0. The third-order valence-electron chi connectivity index (χ3n) is 4.58. The number of hydrogen-bond acceptors (Lipinski definition) is 4. The molecule has 0 spiro atoms. The molecule has 0 aromatic heterocycles. The van der Waals surface area contributed by atoms with Gasteiger partial charge in [-0.3, -0.25) is 9.59 Å². The molecule has 0 aliphatic carbocycles. The summed E-state index contributed by atoms with van der Waals surface area (Å²) in [6, 6.07) is 22.8. The van der Waals surface area contributed by atoms with Crippen molar-refractivity contribution in [2.45, 2.75) is 6.92 Å². The van der Waals surface area contributed by atoms with Crippen LogP contribution in [0.25, 0.3) is 0 Å². The molecule has 6 nitrogen and oxygen atoms in total. The molecule has 30 heavy (non-hydrogen) atoms. The molecule has 0 saturated carbocycles. The number of benzene rings is 3. The third-order valence-corrected chi connectivity index (χ3v) is 4.58. The summed E-state index contributed by atoms with van der Waals surface area (Å²) >= 11 is 0. The van der Waals surface area contributed by atoms with Crippen LogP contribution in [0.2, 0.25) is 0 Å². The Bertz CT molecular complexity index is 1060. The van der Waals surface area contributed by atoms with Crippen LogP contribution in [0.1, 0.15) is 26.3 Å². The number of hydrogen-bond donors (Lipinski definition) is 1. The minimum Gasteiger partial charge on any atom is -0.452 e. The monoisotopic (exact) mass is 402 g/mol. The van der Waals surface area contributed by atoms with Crippen LogP contribution in [0, 0.1) is 6.92 Å². The number of nitrogens with one attached hydrogen (secondary N) is 1. The fourth-order valence-electron chi connectivity index (χ4n) is 2.91. The van der Waals surface area contributed by atoms with Crippen molar-refractivity contribution in [1.29, 1.82) is 0 Å². The Hall–Kier alpha value is -3.93. The van der Waals surface area contributed by atoms with Crippen LogP contribution in [0.4, 0.5) is 11.4 Å². The Kier molecular flexibility index (Phi) is 6.60. The standard InChI is InChI=1S/C24H22N2O4/c1-17-10-6-9-15-21(17)25-22(27)16-30-24(29)20-14-8-7-13-19(20)23(28)26(2)18-11-4-3-5-12-18/h3-15H,16H2,1-2H3,(H,25,27). The van der Waals surface area contributed by atoms with Gasteiger partial charge in [0.1, 0.15) is 0 Å². The predicted octanol–water partition coefficient (Wildman–Crippen LogP) is 4.07. The summed E-state index contributed by atoms with van der Waals surface area (Å²) in [7, 11) is 1.63. The van der Waals surface area contributed by atoms with Gasteiger partial charge in [-0.1, -0.05) is 48.5 Å². The van der Waals surface area contributed by atoms with Crippen molar-refractivity contribution in [1.82, 2.24) is 0 Å². The number of carbonyl (C=O) groups excluding carboxylic acids is 3. The van der Waals surface area contributed by atoms with Crippen molar-refractivity contribution in [2.24, 2.45) is 0 Å². The second-order valence-electron chi connectivity index (χ2n) is 6.68. The molecule has 0 fully saturated rings. The van der Waals surface area contributed by atoms with Crippen LogP contribution in [-0.2, 0) is 9.53 Å². The van der Waals surface area contributed by atoms with E-state index < -0.39 is 18.5 Å². The molecule has 3 aromatic rings. The van der Waals surface area contributed by atoms with E-state index in [1.807, 2.05) is 37.3 Å². The SMILES string of the molecule is Cc1ccccc1NC(=O)COC(=O)c1ccccc1C(=O)N(C)c1ccccc1. The number of para-hydroxylation sites is 2. The number of carbonyl (C=O) groups is 3. The van der Waals surface area contributed by atoms with Crippen LogP contribution >= 0.6 is 0 Å². The van der Waals surface area contributed by atoms with Gasteiger partial charge in [-0.15, -0.1) is 0 Å². The molecule has 3 rings (SSSR count). The molecule has 0 saturated heterocycles. The van der Waals surface area contributed by atoms with Gasteiger partial charge < -0.3 is 15.0 Å². The van der Waals surface area contributed by atoms with Crippen LogP contribution in [0.5, 0.6) is 0 Å².